The smallest absolute Gasteiger partial charge is 0.268 e. The zero-order valence-electron chi connectivity index (χ0n) is 11.5. The highest BCUT2D eigenvalue weighted by atomic mass is 32.2. The Morgan fingerprint density at radius 3 is 2.80 bits per heavy atom. The molecular formula is C15H16N2O2S. The number of hydrogen-bond donors (Lipinski definition) is 1. The van der Waals surface area contributed by atoms with Crippen molar-refractivity contribution in [2.24, 2.45) is 0 Å². The highest BCUT2D eigenvalue weighted by molar-refractivity contribution is 7.99. The number of nitrogens with zero attached hydrogens (tertiary/aromatic N) is 1. The largest absolute Gasteiger partial charge is 0.268 e. The Kier molecular flexibility index (Phi) is 3.30. The van der Waals surface area contributed by atoms with Gasteiger partial charge in [0.2, 0.25) is 0 Å². The van der Waals surface area contributed by atoms with Crippen LogP contribution in [0, 0.1) is 13.8 Å². The molecule has 1 N–H and O–H groups in total. The maximum atomic E-state index is 12.2. The van der Waals surface area contributed by atoms with Gasteiger partial charge >= 0.3 is 0 Å². The van der Waals surface area contributed by atoms with Crippen LogP contribution in [0.3, 0.4) is 0 Å². The van der Waals surface area contributed by atoms with Gasteiger partial charge in [0, 0.05) is 27.7 Å². The number of thioether (sulfide) groups is 1. The summed E-state index contributed by atoms with van der Waals surface area (Å²) in [5, 5.41) is 2.68. The first-order valence-electron chi connectivity index (χ1n) is 6.60. The van der Waals surface area contributed by atoms with Gasteiger partial charge < -0.3 is 0 Å². The van der Waals surface area contributed by atoms with Gasteiger partial charge in [-0.1, -0.05) is 18.2 Å². The molecule has 0 aliphatic carbocycles. The van der Waals surface area contributed by atoms with Crippen molar-refractivity contribution >= 4 is 11.8 Å². The summed E-state index contributed by atoms with van der Waals surface area (Å²) in [5.74, 6) is 1.22. The van der Waals surface area contributed by atoms with Gasteiger partial charge in [-0.05, 0) is 25.5 Å². The van der Waals surface area contributed by atoms with Gasteiger partial charge in [-0.25, -0.2) is 4.68 Å². The number of hydrogen-bond acceptors (Lipinski definition) is 3. The van der Waals surface area contributed by atoms with Crippen molar-refractivity contribution in [3.63, 3.8) is 0 Å². The van der Waals surface area contributed by atoms with Crippen molar-refractivity contribution in [2.75, 3.05) is 5.75 Å². The Labute approximate surface area is 120 Å². The van der Waals surface area contributed by atoms with Crippen LogP contribution in [0.2, 0.25) is 0 Å². The van der Waals surface area contributed by atoms with Crippen molar-refractivity contribution in [3.05, 3.63) is 61.7 Å². The fraction of sp³-hybridized carbons (Fsp3) is 0.333. The first kappa shape index (κ1) is 13.2. The molecule has 1 aliphatic rings. The van der Waals surface area contributed by atoms with Gasteiger partial charge in [-0.2, -0.15) is 0 Å². The third-order valence-electron chi connectivity index (χ3n) is 3.91. The summed E-state index contributed by atoms with van der Waals surface area (Å²) >= 11 is 1.81. The molecule has 1 aromatic carbocycles. The standard InChI is InChI=1S/C15H16N2O2S/c1-9-10(2)15(19)17(16-14(9)18)7-11-8-20-13-6-4-3-5-12(11)13/h3-6,11H,7-8H2,1-2H3,(H,16,18). The number of nitrogens with one attached hydrogen (secondary N) is 1. The topological polar surface area (TPSA) is 54.9 Å². The van der Waals surface area contributed by atoms with Crippen LogP contribution in [-0.2, 0) is 6.54 Å². The molecule has 2 heterocycles. The summed E-state index contributed by atoms with van der Waals surface area (Å²) < 4.78 is 1.46. The second-order valence-electron chi connectivity index (χ2n) is 5.15. The molecule has 0 bridgehead atoms. The molecule has 1 atom stereocenters. The normalized spacial score (nSPS) is 17.2. The average Bonchev–Trinajstić information content (AvgIpc) is 2.86. The Morgan fingerprint density at radius 2 is 2.00 bits per heavy atom. The number of benzene rings is 1. The lowest BCUT2D eigenvalue weighted by molar-refractivity contribution is 0.512. The number of aromatic nitrogens is 2. The molecule has 3 rings (SSSR count). The predicted molar refractivity (Wildman–Crippen MR) is 80.7 cm³/mol. The summed E-state index contributed by atoms with van der Waals surface area (Å²) in [6.45, 7) is 3.92. The minimum absolute atomic E-state index is 0.100. The summed E-state index contributed by atoms with van der Waals surface area (Å²) in [7, 11) is 0. The highest BCUT2D eigenvalue weighted by Gasteiger charge is 2.24. The second-order valence-corrected chi connectivity index (χ2v) is 6.21. The van der Waals surface area contributed by atoms with Crippen molar-refractivity contribution in [1.29, 1.82) is 0 Å². The maximum absolute atomic E-state index is 12.2. The molecule has 2 aromatic rings. The summed E-state index contributed by atoms with van der Waals surface area (Å²) in [5.41, 5.74) is 2.03. The fourth-order valence-electron chi connectivity index (χ4n) is 2.52. The van der Waals surface area contributed by atoms with E-state index in [1.807, 2.05) is 12.1 Å². The fourth-order valence-corrected chi connectivity index (χ4v) is 3.76. The van der Waals surface area contributed by atoms with Crippen LogP contribution in [0.5, 0.6) is 0 Å². The highest BCUT2D eigenvalue weighted by Crippen LogP contribution is 2.39. The van der Waals surface area contributed by atoms with Crippen LogP contribution in [0.25, 0.3) is 0 Å². The zero-order valence-corrected chi connectivity index (χ0v) is 12.3. The molecule has 104 valence electrons. The molecular weight excluding hydrogens is 272 g/mol. The van der Waals surface area contributed by atoms with Crippen LogP contribution < -0.4 is 11.1 Å². The molecule has 0 spiro atoms. The molecule has 1 aromatic heterocycles. The van der Waals surface area contributed by atoms with E-state index in [9.17, 15) is 9.59 Å². The SMILES string of the molecule is Cc1c(C)c(=O)n(CC2CSc3ccccc32)[nH]c1=O. The zero-order chi connectivity index (χ0) is 14.3. The van der Waals surface area contributed by atoms with E-state index in [1.165, 1.54) is 15.1 Å². The predicted octanol–water partition coefficient (Wildman–Crippen LogP) is 2.04. The van der Waals surface area contributed by atoms with Crippen LogP contribution in [-0.4, -0.2) is 15.5 Å². The Bertz CT molecular complexity index is 776. The first-order valence-corrected chi connectivity index (χ1v) is 7.58. The molecule has 1 unspecified atom stereocenters. The molecule has 0 fully saturated rings. The number of fused-ring (bicyclic) bond motifs is 1. The lowest BCUT2D eigenvalue weighted by Gasteiger charge is -2.13. The van der Waals surface area contributed by atoms with Gasteiger partial charge in [-0.3, -0.25) is 14.7 Å². The maximum Gasteiger partial charge on any atom is 0.268 e. The summed E-state index contributed by atoms with van der Waals surface area (Å²) in [6, 6.07) is 8.25. The van der Waals surface area contributed by atoms with E-state index in [1.54, 1.807) is 25.6 Å². The number of rotatable bonds is 2. The molecule has 4 nitrogen and oxygen atoms in total. The Balaban J connectivity index is 1.98. The Morgan fingerprint density at radius 1 is 1.25 bits per heavy atom. The lowest BCUT2D eigenvalue weighted by atomic mass is 10.0. The van der Waals surface area contributed by atoms with Gasteiger partial charge in [0.1, 0.15) is 0 Å². The van der Waals surface area contributed by atoms with Gasteiger partial charge in [0.25, 0.3) is 11.1 Å². The number of H-pyrrole nitrogens is 1. The van der Waals surface area contributed by atoms with Gasteiger partial charge in [0.05, 0.1) is 6.54 Å². The molecule has 0 amide bonds. The van der Waals surface area contributed by atoms with Crippen molar-refractivity contribution in [3.8, 4) is 0 Å². The van der Waals surface area contributed by atoms with E-state index in [4.69, 9.17) is 0 Å². The summed E-state index contributed by atoms with van der Waals surface area (Å²) in [4.78, 5) is 25.3. The molecule has 5 heteroatoms. The van der Waals surface area contributed by atoms with E-state index in [0.29, 0.717) is 17.7 Å². The van der Waals surface area contributed by atoms with Crippen molar-refractivity contribution < 1.29 is 0 Å². The molecule has 0 radical (unpaired) electrons. The second kappa shape index (κ2) is 4.98. The quantitative estimate of drug-likeness (QED) is 0.920. The monoisotopic (exact) mass is 288 g/mol. The molecule has 0 saturated heterocycles. The Hall–Kier alpha value is -1.75. The van der Waals surface area contributed by atoms with Gasteiger partial charge in [-0.15, -0.1) is 11.8 Å². The summed E-state index contributed by atoms with van der Waals surface area (Å²) in [6.07, 6.45) is 0. The van der Waals surface area contributed by atoms with E-state index in [2.05, 4.69) is 17.2 Å². The third-order valence-corrected chi connectivity index (χ3v) is 5.16. The van der Waals surface area contributed by atoms with Crippen LogP contribution in [0.1, 0.15) is 22.6 Å². The molecule has 1 aliphatic heterocycles. The van der Waals surface area contributed by atoms with Crippen LogP contribution >= 0.6 is 11.8 Å². The van der Waals surface area contributed by atoms with E-state index in [-0.39, 0.29) is 17.0 Å². The number of aromatic amines is 1. The van der Waals surface area contributed by atoms with Crippen molar-refractivity contribution in [2.45, 2.75) is 31.2 Å². The van der Waals surface area contributed by atoms with E-state index < -0.39 is 0 Å². The third kappa shape index (κ3) is 2.12. The van der Waals surface area contributed by atoms with E-state index >= 15 is 0 Å². The van der Waals surface area contributed by atoms with Gasteiger partial charge in [0.15, 0.2) is 0 Å². The van der Waals surface area contributed by atoms with Crippen LogP contribution in [0.15, 0.2) is 38.8 Å². The molecule has 20 heavy (non-hydrogen) atoms. The minimum atomic E-state index is -0.180. The lowest BCUT2D eigenvalue weighted by Crippen LogP contribution is -2.34. The molecule has 0 saturated carbocycles. The van der Waals surface area contributed by atoms with E-state index in [0.717, 1.165) is 5.75 Å². The first-order chi connectivity index (χ1) is 9.58. The minimum Gasteiger partial charge on any atom is -0.268 e. The van der Waals surface area contributed by atoms with Crippen LogP contribution in [0.4, 0.5) is 0 Å². The average molecular weight is 288 g/mol. The van der Waals surface area contributed by atoms with Crippen molar-refractivity contribution in [1.82, 2.24) is 9.78 Å².